The van der Waals surface area contributed by atoms with Crippen LogP contribution in [0.4, 0.5) is 0 Å². The predicted octanol–water partition coefficient (Wildman–Crippen LogP) is 2.07. The lowest BCUT2D eigenvalue weighted by molar-refractivity contribution is 0.206. The Morgan fingerprint density at radius 1 is 1.33 bits per heavy atom. The van der Waals surface area contributed by atoms with Gasteiger partial charge in [-0.2, -0.15) is 5.10 Å². The average Bonchev–Trinajstić information content (AvgIpc) is 3.03. The maximum absolute atomic E-state index is 4.87. The first kappa shape index (κ1) is 24.2. The molecule has 156 valence electrons. The molecular formula is C19H38IN7. The van der Waals surface area contributed by atoms with E-state index < -0.39 is 0 Å². The summed E-state index contributed by atoms with van der Waals surface area (Å²) >= 11 is 0. The van der Waals surface area contributed by atoms with Crippen LogP contribution in [0.1, 0.15) is 44.7 Å². The van der Waals surface area contributed by atoms with Crippen molar-refractivity contribution in [2.45, 2.75) is 45.2 Å². The van der Waals surface area contributed by atoms with Gasteiger partial charge in [0.15, 0.2) is 5.96 Å². The second-order valence-corrected chi connectivity index (χ2v) is 7.41. The van der Waals surface area contributed by atoms with E-state index in [4.69, 9.17) is 4.99 Å². The molecule has 1 saturated heterocycles. The van der Waals surface area contributed by atoms with Crippen molar-refractivity contribution in [3.05, 3.63) is 18.0 Å². The molecule has 0 amide bonds. The first-order chi connectivity index (χ1) is 12.5. The molecule has 1 aromatic heterocycles. The second-order valence-electron chi connectivity index (χ2n) is 7.41. The van der Waals surface area contributed by atoms with Crippen LogP contribution >= 0.6 is 24.0 Å². The molecule has 8 heteroatoms. The molecule has 0 spiro atoms. The van der Waals surface area contributed by atoms with Gasteiger partial charge in [0.05, 0.1) is 18.8 Å². The first-order valence-electron chi connectivity index (χ1n) is 9.95. The van der Waals surface area contributed by atoms with Crippen LogP contribution in [0.15, 0.2) is 17.4 Å². The number of halogens is 1. The molecule has 1 aliphatic heterocycles. The third-order valence-corrected chi connectivity index (χ3v) is 4.97. The molecule has 1 fully saturated rings. The van der Waals surface area contributed by atoms with Gasteiger partial charge in [0.1, 0.15) is 0 Å². The number of aliphatic imine (C=N–C) groups is 1. The SMILES string of the molecule is CCCN1CCC(NC(=NCC(c2cnn(C)c2)N(C)C)NCC)CC1.I. The van der Waals surface area contributed by atoms with Gasteiger partial charge in [0.2, 0.25) is 0 Å². The molecule has 0 saturated carbocycles. The van der Waals surface area contributed by atoms with Crippen molar-refractivity contribution in [1.82, 2.24) is 30.2 Å². The summed E-state index contributed by atoms with van der Waals surface area (Å²) in [6.45, 7) is 9.54. The number of nitrogens with one attached hydrogen (secondary N) is 2. The summed E-state index contributed by atoms with van der Waals surface area (Å²) in [5.41, 5.74) is 1.20. The molecule has 1 aromatic rings. The van der Waals surface area contributed by atoms with Gasteiger partial charge in [-0.05, 0) is 46.8 Å². The molecule has 0 aromatic carbocycles. The highest BCUT2D eigenvalue weighted by atomic mass is 127. The first-order valence-corrected chi connectivity index (χ1v) is 9.95. The zero-order valence-electron chi connectivity index (χ0n) is 17.6. The molecule has 0 radical (unpaired) electrons. The number of hydrogen-bond donors (Lipinski definition) is 2. The van der Waals surface area contributed by atoms with Crippen LogP contribution in [0.2, 0.25) is 0 Å². The molecule has 0 aliphatic carbocycles. The Balaban J connectivity index is 0.00000364. The highest BCUT2D eigenvalue weighted by Crippen LogP contribution is 2.17. The van der Waals surface area contributed by atoms with E-state index in [2.05, 4.69) is 59.7 Å². The molecular weight excluding hydrogens is 453 g/mol. The predicted molar refractivity (Wildman–Crippen MR) is 124 cm³/mol. The summed E-state index contributed by atoms with van der Waals surface area (Å²) in [4.78, 5) is 9.64. The van der Waals surface area contributed by atoms with Gasteiger partial charge in [0.25, 0.3) is 0 Å². The molecule has 2 rings (SSSR count). The van der Waals surface area contributed by atoms with E-state index in [1.165, 1.54) is 44.5 Å². The number of guanidine groups is 1. The summed E-state index contributed by atoms with van der Waals surface area (Å²) in [6, 6.07) is 0.739. The molecule has 27 heavy (non-hydrogen) atoms. The van der Waals surface area contributed by atoms with Crippen molar-refractivity contribution in [2.24, 2.45) is 12.0 Å². The van der Waals surface area contributed by atoms with Crippen LogP contribution in [-0.2, 0) is 7.05 Å². The van der Waals surface area contributed by atoms with Crippen LogP contribution < -0.4 is 10.6 Å². The van der Waals surface area contributed by atoms with Gasteiger partial charge in [-0.3, -0.25) is 9.67 Å². The molecule has 0 bridgehead atoms. The van der Waals surface area contributed by atoms with E-state index in [-0.39, 0.29) is 30.0 Å². The monoisotopic (exact) mass is 491 g/mol. The Morgan fingerprint density at radius 3 is 2.56 bits per heavy atom. The number of piperidine rings is 1. The van der Waals surface area contributed by atoms with Gasteiger partial charge in [-0.15, -0.1) is 24.0 Å². The van der Waals surface area contributed by atoms with Gasteiger partial charge in [0, 0.05) is 44.5 Å². The lowest BCUT2D eigenvalue weighted by Crippen LogP contribution is -2.49. The van der Waals surface area contributed by atoms with Crippen LogP contribution in [-0.4, -0.2) is 78.4 Å². The Hall–Kier alpha value is -0.870. The van der Waals surface area contributed by atoms with Crippen molar-refractivity contribution in [3.63, 3.8) is 0 Å². The van der Waals surface area contributed by atoms with Crippen molar-refractivity contribution in [1.29, 1.82) is 0 Å². The third kappa shape index (κ3) is 7.95. The number of aryl methyl sites for hydroxylation is 1. The normalized spacial score (nSPS) is 17.6. The number of nitrogens with zero attached hydrogens (tertiary/aromatic N) is 5. The smallest absolute Gasteiger partial charge is 0.191 e. The molecule has 1 atom stereocenters. The molecule has 1 aliphatic rings. The fraction of sp³-hybridized carbons (Fsp3) is 0.789. The van der Waals surface area contributed by atoms with Crippen molar-refractivity contribution < 1.29 is 0 Å². The van der Waals surface area contributed by atoms with Gasteiger partial charge in [-0.25, -0.2) is 0 Å². The van der Waals surface area contributed by atoms with E-state index in [9.17, 15) is 0 Å². The Labute approximate surface area is 182 Å². The topological polar surface area (TPSA) is 60.7 Å². The maximum Gasteiger partial charge on any atom is 0.191 e. The minimum atomic E-state index is 0. The van der Waals surface area contributed by atoms with Gasteiger partial charge in [-0.1, -0.05) is 6.92 Å². The largest absolute Gasteiger partial charge is 0.357 e. The van der Waals surface area contributed by atoms with E-state index >= 15 is 0 Å². The van der Waals surface area contributed by atoms with Crippen LogP contribution in [0.5, 0.6) is 0 Å². The zero-order valence-corrected chi connectivity index (χ0v) is 19.9. The fourth-order valence-corrected chi connectivity index (χ4v) is 3.49. The second kappa shape index (κ2) is 12.6. The summed E-state index contributed by atoms with van der Waals surface area (Å²) in [5.74, 6) is 0.928. The third-order valence-electron chi connectivity index (χ3n) is 4.97. The minimum Gasteiger partial charge on any atom is -0.357 e. The lowest BCUT2D eigenvalue weighted by Gasteiger charge is -2.33. The van der Waals surface area contributed by atoms with E-state index in [1.54, 1.807) is 0 Å². The van der Waals surface area contributed by atoms with Gasteiger partial charge < -0.3 is 20.4 Å². The zero-order chi connectivity index (χ0) is 18.9. The average molecular weight is 491 g/mol. The Kier molecular flexibility index (Phi) is 11.2. The molecule has 1 unspecified atom stereocenters. The summed E-state index contributed by atoms with van der Waals surface area (Å²) in [5, 5.41) is 11.4. The number of rotatable bonds is 8. The van der Waals surface area contributed by atoms with Gasteiger partial charge >= 0.3 is 0 Å². The number of likely N-dealkylation sites (N-methyl/N-ethyl adjacent to an activating group) is 1. The summed E-state index contributed by atoms with van der Waals surface area (Å²) in [7, 11) is 6.14. The van der Waals surface area contributed by atoms with Crippen molar-refractivity contribution in [3.8, 4) is 0 Å². The van der Waals surface area contributed by atoms with E-state index in [0.29, 0.717) is 12.6 Å². The van der Waals surface area contributed by atoms with Crippen molar-refractivity contribution >= 4 is 29.9 Å². The Morgan fingerprint density at radius 2 is 2.04 bits per heavy atom. The highest BCUT2D eigenvalue weighted by molar-refractivity contribution is 14.0. The van der Waals surface area contributed by atoms with Crippen LogP contribution in [0.3, 0.4) is 0 Å². The number of aromatic nitrogens is 2. The molecule has 2 heterocycles. The quantitative estimate of drug-likeness (QED) is 0.331. The fourth-order valence-electron chi connectivity index (χ4n) is 3.49. The number of hydrogen-bond acceptors (Lipinski definition) is 4. The summed E-state index contributed by atoms with van der Waals surface area (Å²) in [6.07, 6.45) is 7.62. The minimum absolute atomic E-state index is 0. The van der Waals surface area contributed by atoms with Crippen molar-refractivity contribution in [2.75, 3.05) is 46.8 Å². The lowest BCUT2D eigenvalue weighted by atomic mass is 10.1. The molecule has 7 nitrogen and oxygen atoms in total. The summed E-state index contributed by atoms with van der Waals surface area (Å²) < 4.78 is 1.85. The Bertz CT molecular complexity index is 550. The standard InChI is InChI=1S/C19H37N7.HI/c1-6-10-26-11-8-17(9-12-26)23-19(20-7-2)21-14-18(24(3)4)16-13-22-25(5)15-16;/h13,15,17-18H,6-12,14H2,1-5H3,(H2,20,21,23);1H. The molecule has 2 N–H and O–H groups in total. The highest BCUT2D eigenvalue weighted by Gasteiger charge is 2.20. The van der Waals surface area contributed by atoms with E-state index in [0.717, 1.165) is 12.5 Å². The van der Waals surface area contributed by atoms with E-state index in [1.807, 2.05) is 17.9 Å². The van der Waals surface area contributed by atoms with Crippen LogP contribution in [0, 0.1) is 0 Å². The van der Waals surface area contributed by atoms with Crippen LogP contribution in [0.25, 0.3) is 0 Å². The maximum atomic E-state index is 4.87. The number of likely N-dealkylation sites (tertiary alicyclic amines) is 1.